The highest BCUT2D eigenvalue weighted by Gasteiger charge is 2.24. The van der Waals surface area contributed by atoms with Gasteiger partial charge in [0.2, 0.25) is 0 Å². The van der Waals surface area contributed by atoms with E-state index in [0.717, 1.165) is 38.7 Å². The van der Waals surface area contributed by atoms with E-state index in [0.29, 0.717) is 12.1 Å². The molecule has 0 unspecified atom stereocenters. The molecular formula is C23H19BrN2O. The number of fused-ring (bicyclic) bond motifs is 1. The molecule has 0 saturated heterocycles. The predicted molar refractivity (Wildman–Crippen MR) is 113 cm³/mol. The number of aromatic nitrogens is 2. The smallest absolute Gasteiger partial charge is 0.180 e. The van der Waals surface area contributed by atoms with Crippen molar-refractivity contribution in [2.24, 2.45) is 0 Å². The Morgan fingerprint density at radius 1 is 1.00 bits per heavy atom. The third-order valence-electron chi connectivity index (χ3n) is 4.62. The van der Waals surface area contributed by atoms with Gasteiger partial charge in [-0.2, -0.15) is 0 Å². The summed E-state index contributed by atoms with van der Waals surface area (Å²) < 4.78 is 2.91. The second kappa shape index (κ2) is 7.49. The van der Waals surface area contributed by atoms with Gasteiger partial charge in [-0.25, -0.2) is 4.98 Å². The van der Waals surface area contributed by atoms with Crippen LogP contribution in [-0.4, -0.2) is 15.3 Å². The fourth-order valence-electron chi connectivity index (χ4n) is 3.48. The maximum Gasteiger partial charge on any atom is 0.180 e. The number of rotatable bonds is 5. The van der Waals surface area contributed by atoms with Crippen molar-refractivity contribution in [1.82, 2.24) is 9.55 Å². The summed E-state index contributed by atoms with van der Waals surface area (Å²) in [4.78, 5) is 17.8. The van der Waals surface area contributed by atoms with Crippen molar-refractivity contribution in [1.29, 1.82) is 0 Å². The normalized spacial score (nSPS) is 11.0. The van der Waals surface area contributed by atoms with Crippen LogP contribution >= 0.6 is 15.9 Å². The molecule has 3 nitrogen and oxygen atoms in total. The lowest BCUT2D eigenvalue weighted by atomic mass is 9.99. The monoisotopic (exact) mass is 418 g/mol. The summed E-state index contributed by atoms with van der Waals surface area (Å²) in [5, 5.41) is 1.06. The third-order valence-corrected chi connectivity index (χ3v) is 5.09. The second-order valence-electron chi connectivity index (χ2n) is 6.45. The second-order valence-corrected chi connectivity index (χ2v) is 7.37. The fraction of sp³-hybridized carbons (Fsp3) is 0.130. The fourth-order valence-corrected chi connectivity index (χ4v) is 3.72. The van der Waals surface area contributed by atoms with E-state index in [1.807, 2.05) is 60.0 Å². The largest absolute Gasteiger partial charge is 0.292 e. The number of halogens is 1. The number of pyridine rings is 1. The molecule has 0 saturated carbocycles. The zero-order chi connectivity index (χ0) is 18.8. The van der Waals surface area contributed by atoms with Crippen LogP contribution < -0.4 is 0 Å². The van der Waals surface area contributed by atoms with Gasteiger partial charge in [0.05, 0.1) is 11.2 Å². The number of hydrogen-bond donors (Lipinski definition) is 0. The Hall–Kier alpha value is -2.72. The molecular weight excluding hydrogens is 400 g/mol. The van der Waals surface area contributed by atoms with Crippen LogP contribution in [0, 0.1) is 0 Å². The molecule has 0 atom stereocenters. The van der Waals surface area contributed by atoms with Crippen LogP contribution in [-0.2, 0) is 0 Å². The van der Waals surface area contributed by atoms with E-state index in [1.54, 1.807) is 6.20 Å². The van der Waals surface area contributed by atoms with E-state index in [4.69, 9.17) is 0 Å². The van der Waals surface area contributed by atoms with E-state index in [2.05, 4.69) is 39.1 Å². The average molecular weight is 419 g/mol. The number of hydrogen-bond acceptors (Lipinski definition) is 2. The number of carbonyl (C=O) groups excluding carboxylic acids is 1. The number of ketones is 1. The number of para-hydroxylation sites is 1. The molecule has 27 heavy (non-hydrogen) atoms. The Kier molecular flexibility index (Phi) is 4.90. The molecule has 2 aromatic heterocycles. The minimum Gasteiger partial charge on any atom is -0.292 e. The molecule has 0 aliphatic heterocycles. The predicted octanol–water partition coefficient (Wildman–Crippen LogP) is 6.44. The summed E-state index contributed by atoms with van der Waals surface area (Å²) in [7, 11) is 0. The number of benzene rings is 2. The molecule has 0 amide bonds. The van der Waals surface area contributed by atoms with E-state index in [1.165, 1.54) is 0 Å². The van der Waals surface area contributed by atoms with Gasteiger partial charge in [0.25, 0.3) is 0 Å². The van der Waals surface area contributed by atoms with E-state index in [-0.39, 0.29) is 5.78 Å². The Morgan fingerprint density at radius 3 is 2.44 bits per heavy atom. The number of carbonyl (C=O) groups is 1. The van der Waals surface area contributed by atoms with Gasteiger partial charge in [-0.1, -0.05) is 55.5 Å². The molecule has 4 aromatic rings. The number of nitrogens with zero attached hydrogens (tertiary/aromatic N) is 2. The Morgan fingerprint density at radius 2 is 1.74 bits per heavy atom. The maximum absolute atomic E-state index is 13.2. The van der Waals surface area contributed by atoms with Crippen molar-refractivity contribution in [3.8, 4) is 16.9 Å². The van der Waals surface area contributed by atoms with Crippen LogP contribution in [0.25, 0.3) is 27.8 Å². The molecule has 2 aromatic carbocycles. The molecule has 4 heteroatoms. The minimum atomic E-state index is 0.136. The van der Waals surface area contributed by atoms with Crippen LogP contribution in [0.3, 0.4) is 0 Å². The molecule has 0 bridgehead atoms. The molecule has 0 fully saturated rings. The highest BCUT2D eigenvalue weighted by Crippen LogP contribution is 2.37. The van der Waals surface area contributed by atoms with Crippen molar-refractivity contribution in [3.63, 3.8) is 0 Å². The molecule has 0 N–H and O–H groups in total. The Bertz CT molecular complexity index is 1100. The maximum atomic E-state index is 13.2. The van der Waals surface area contributed by atoms with Crippen LogP contribution in [0.4, 0.5) is 0 Å². The lowest BCUT2D eigenvalue weighted by Crippen LogP contribution is -2.09. The summed E-state index contributed by atoms with van der Waals surface area (Å²) in [5.74, 6) is 0.883. The standard InChI is InChI=1S/C23H19BrN2O/c1-2-8-20(27)23-22(16-9-4-3-5-10-16)18-11-6-7-12-19(18)26(23)21-14-13-17(24)15-25-21/h3-7,9-15H,2,8H2,1H3. The Balaban J connectivity index is 2.11. The summed E-state index contributed by atoms with van der Waals surface area (Å²) >= 11 is 3.44. The van der Waals surface area contributed by atoms with E-state index < -0.39 is 0 Å². The highest BCUT2D eigenvalue weighted by atomic mass is 79.9. The average Bonchev–Trinajstić information content (AvgIpc) is 3.05. The lowest BCUT2D eigenvalue weighted by Gasteiger charge is -2.11. The van der Waals surface area contributed by atoms with Gasteiger partial charge in [-0.15, -0.1) is 0 Å². The van der Waals surface area contributed by atoms with Crippen LogP contribution in [0.5, 0.6) is 0 Å². The minimum absolute atomic E-state index is 0.136. The van der Waals surface area contributed by atoms with Gasteiger partial charge in [0.1, 0.15) is 5.82 Å². The quantitative estimate of drug-likeness (QED) is 0.349. The highest BCUT2D eigenvalue weighted by molar-refractivity contribution is 9.10. The van der Waals surface area contributed by atoms with Gasteiger partial charge in [0, 0.05) is 28.0 Å². The van der Waals surface area contributed by atoms with Crippen molar-refractivity contribution in [2.75, 3.05) is 0 Å². The van der Waals surface area contributed by atoms with E-state index in [9.17, 15) is 4.79 Å². The molecule has 0 radical (unpaired) electrons. The third kappa shape index (κ3) is 3.21. The Labute approximate surface area is 166 Å². The summed E-state index contributed by atoms with van der Waals surface area (Å²) in [6.07, 6.45) is 3.08. The first-order valence-electron chi connectivity index (χ1n) is 9.04. The molecule has 134 valence electrons. The molecule has 0 aliphatic carbocycles. The number of Topliss-reactive ketones (excluding diaryl/α,β-unsaturated/α-hetero) is 1. The van der Waals surface area contributed by atoms with Gasteiger partial charge >= 0.3 is 0 Å². The van der Waals surface area contributed by atoms with E-state index >= 15 is 0 Å². The molecule has 4 rings (SSSR count). The first kappa shape index (κ1) is 17.7. The van der Waals surface area contributed by atoms with Crippen molar-refractivity contribution >= 4 is 32.6 Å². The lowest BCUT2D eigenvalue weighted by molar-refractivity contribution is 0.0976. The molecule has 2 heterocycles. The van der Waals surface area contributed by atoms with Crippen molar-refractivity contribution in [2.45, 2.75) is 19.8 Å². The topological polar surface area (TPSA) is 34.9 Å². The molecule has 0 aliphatic rings. The first-order chi connectivity index (χ1) is 13.2. The summed E-state index contributed by atoms with van der Waals surface area (Å²) in [6, 6.07) is 22.2. The van der Waals surface area contributed by atoms with Crippen molar-refractivity contribution < 1.29 is 4.79 Å². The zero-order valence-electron chi connectivity index (χ0n) is 15.0. The van der Waals surface area contributed by atoms with Gasteiger partial charge < -0.3 is 0 Å². The summed E-state index contributed by atoms with van der Waals surface area (Å²) in [5.41, 5.74) is 3.73. The van der Waals surface area contributed by atoms with Crippen LogP contribution in [0.2, 0.25) is 0 Å². The van der Waals surface area contributed by atoms with Gasteiger partial charge in [0.15, 0.2) is 5.78 Å². The first-order valence-corrected chi connectivity index (χ1v) is 9.84. The van der Waals surface area contributed by atoms with Crippen molar-refractivity contribution in [3.05, 3.63) is 83.1 Å². The van der Waals surface area contributed by atoms with Crippen LogP contribution in [0.15, 0.2) is 77.4 Å². The molecule has 0 spiro atoms. The van der Waals surface area contributed by atoms with Crippen LogP contribution in [0.1, 0.15) is 30.3 Å². The van der Waals surface area contributed by atoms with Gasteiger partial charge in [-0.05, 0) is 46.1 Å². The van der Waals surface area contributed by atoms with Gasteiger partial charge in [-0.3, -0.25) is 9.36 Å². The SMILES string of the molecule is CCCC(=O)c1c(-c2ccccc2)c2ccccc2n1-c1ccc(Br)cn1. The zero-order valence-corrected chi connectivity index (χ0v) is 16.6. The summed E-state index contributed by atoms with van der Waals surface area (Å²) in [6.45, 7) is 2.03.